The summed E-state index contributed by atoms with van der Waals surface area (Å²) in [5.41, 5.74) is 6.98. The normalized spacial score (nSPS) is 15.8. The summed E-state index contributed by atoms with van der Waals surface area (Å²) in [5, 5.41) is 2.86. The number of amides is 1. The molecule has 1 aromatic carbocycles. The van der Waals surface area contributed by atoms with Gasteiger partial charge in [-0.1, -0.05) is 30.3 Å². The summed E-state index contributed by atoms with van der Waals surface area (Å²) in [6, 6.07) is 9.35. The number of hydrogen-bond acceptors (Lipinski definition) is 3. The number of nitrogens with one attached hydrogen (secondary N) is 1. The van der Waals surface area contributed by atoms with Crippen LogP contribution < -0.4 is 11.1 Å². The number of rotatable bonds is 9. The molecule has 110 valence electrons. The summed E-state index contributed by atoms with van der Waals surface area (Å²) in [4.78, 5) is 11.8. The Morgan fingerprint density at radius 3 is 2.80 bits per heavy atom. The number of nitrogens with two attached hydrogens (primary N) is 1. The second-order valence-corrected chi connectivity index (χ2v) is 5.46. The van der Waals surface area contributed by atoms with E-state index in [1.165, 1.54) is 12.8 Å². The Labute approximate surface area is 120 Å². The van der Waals surface area contributed by atoms with Gasteiger partial charge in [0.15, 0.2) is 0 Å². The summed E-state index contributed by atoms with van der Waals surface area (Å²) < 4.78 is 5.51. The van der Waals surface area contributed by atoms with Crippen molar-refractivity contribution in [2.24, 2.45) is 11.7 Å². The van der Waals surface area contributed by atoms with Gasteiger partial charge in [0.2, 0.25) is 5.91 Å². The lowest BCUT2D eigenvalue weighted by molar-refractivity contribution is -0.122. The number of carbonyl (C=O) groups excluding carboxylic acids is 1. The van der Waals surface area contributed by atoms with Crippen LogP contribution in [0.1, 0.15) is 24.8 Å². The van der Waals surface area contributed by atoms with Gasteiger partial charge in [-0.05, 0) is 37.2 Å². The molecule has 20 heavy (non-hydrogen) atoms. The SMILES string of the molecule is N[C@@H](Cc1ccccc1)C(=O)NCCCOCC1CC1. The van der Waals surface area contributed by atoms with Crippen molar-refractivity contribution >= 4 is 5.91 Å². The average molecular weight is 276 g/mol. The summed E-state index contributed by atoms with van der Waals surface area (Å²) in [5.74, 6) is 0.708. The van der Waals surface area contributed by atoms with E-state index in [1.807, 2.05) is 30.3 Å². The highest BCUT2D eigenvalue weighted by molar-refractivity contribution is 5.81. The molecular weight excluding hydrogens is 252 g/mol. The number of carbonyl (C=O) groups is 1. The second-order valence-electron chi connectivity index (χ2n) is 5.46. The van der Waals surface area contributed by atoms with Crippen molar-refractivity contribution in [3.05, 3.63) is 35.9 Å². The molecule has 1 aromatic rings. The van der Waals surface area contributed by atoms with Crippen LogP contribution in [0.3, 0.4) is 0 Å². The first-order valence-corrected chi connectivity index (χ1v) is 7.40. The molecule has 4 heteroatoms. The molecule has 1 fully saturated rings. The molecule has 1 aliphatic rings. The van der Waals surface area contributed by atoms with Crippen LogP contribution >= 0.6 is 0 Å². The highest BCUT2D eigenvalue weighted by Gasteiger charge is 2.20. The zero-order chi connectivity index (χ0) is 14.2. The van der Waals surface area contributed by atoms with Crippen molar-refractivity contribution in [2.75, 3.05) is 19.8 Å². The first-order valence-electron chi connectivity index (χ1n) is 7.40. The fourth-order valence-corrected chi connectivity index (χ4v) is 2.01. The third-order valence-corrected chi connectivity index (χ3v) is 3.45. The van der Waals surface area contributed by atoms with Gasteiger partial charge >= 0.3 is 0 Å². The van der Waals surface area contributed by atoms with Gasteiger partial charge < -0.3 is 15.8 Å². The lowest BCUT2D eigenvalue weighted by Gasteiger charge is -2.12. The molecule has 0 aromatic heterocycles. The van der Waals surface area contributed by atoms with Crippen LogP contribution in [0.4, 0.5) is 0 Å². The number of ether oxygens (including phenoxy) is 1. The van der Waals surface area contributed by atoms with E-state index in [-0.39, 0.29) is 5.91 Å². The highest BCUT2D eigenvalue weighted by atomic mass is 16.5. The first-order chi connectivity index (χ1) is 9.75. The van der Waals surface area contributed by atoms with E-state index >= 15 is 0 Å². The van der Waals surface area contributed by atoms with Crippen LogP contribution in [-0.4, -0.2) is 31.7 Å². The van der Waals surface area contributed by atoms with Gasteiger partial charge in [0.05, 0.1) is 6.04 Å². The van der Waals surface area contributed by atoms with Crippen LogP contribution in [-0.2, 0) is 16.0 Å². The third kappa shape index (κ3) is 5.72. The van der Waals surface area contributed by atoms with Crippen molar-refractivity contribution in [3.8, 4) is 0 Å². The maximum Gasteiger partial charge on any atom is 0.237 e. The fourth-order valence-electron chi connectivity index (χ4n) is 2.01. The van der Waals surface area contributed by atoms with Gasteiger partial charge in [-0.15, -0.1) is 0 Å². The molecule has 0 spiro atoms. The van der Waals surface area contributed by atoms with Crippen molar-refractivity contribution in [2.45, 2.75) is 31.7 Å². The van der Waals surface area contributed by atoms with Crippen LogP contribution in [0.25, 0.3) is 0 Å². The van der Waals surface area contributed by atoms with E-state index in [4.69, 9.17) is 10.5 Å². The quantitative estimate of drug-likeness (QED) is 0.672. The molecule has 0 heterocycles. The molecule has 1 saturated carbocycles. The summed E-state index contributed by atoms with van der Waals surface area (Å²) in [6.45, 7) is 2.22. The van der Waals surface area contributed by atoms with Crippen molar-refractivity contribution < 1.29 is 9.53 Å². The lowest BCUT2D eigenvalue weighted by atomic mass is 10.1. The molecule has 1 amide bonds. The summed E-state index contributed by atoms with van der Waals surface area (Å²) in [7, 11) is 0. The van der Waals surface area contributed by atoms with Gasteiger partial charge in [-0.3, -0.25) is 4.79 Å². The van der Waals surface area contributed by atoms with Gasteiger partial charge in [0, 0.05) is 19.8 Å². The van der Waals surface area contributed by atoms with Crippen molar-refractivity contribution in [1.29, 1.82) is 0 Å². The van der Waals surface area contributed by atoms with Gasteiger partial charge in [0.25, 0.3) is 0 Å². The van der Waals surface area contributed by atoms with Crippen LogP contribution in [0.5, 0.6) is 0 Å². The zero-order valence-electron chi connectivity index (χ0n) is 11.9. The van der Waals surface area contributed by atoms with Crippen LogP contribution in [0.15, 0.2) is 30.3 Å². The van der Waals surface area contributed by atoms with E-state index < -0.39 is 6.04 Å². The number of hydrogen-bond donors (Lipinski definition) is 2. The van der Waals surface area contributed by atoms with E-state index in [9.17, 15) is 4.79 Å². The maximum absolute atomic E-state index is 11.8. The zero-order valence-corrected chi connectivity index (χ0v) is 11.9. The van der Waals surface area contributed by atoms with E-state index in [0.29, 0.717) is 19.6 Å². The van der Waals surface area contributed by atoms with Crippen molar-refractivity contribution in [1.82, 2.24) is 5.32 Å². The predicted octanol–water partition coefficient (Wildman–Crippen LogP) is 1.49. The summed E-state index contributed by atoms with van der Waals surface area (Å²) >= 11 is 0. The second kappa shape index (κ2) is 8.02. The topological polar surface area (TPSA) is 64.4 Å². The molecule has 0 saturated heterocycles. The molecule has 0 unspecified atom stereocenters. The highest BCUT2D eigenvalue weighted by Crippen LogP contribution is 2.28. The Morgan fingerprint density at radius 2 is 2.10 bits per heavy atom. The molecule has 1 aliphatic carbocycles. The smallest absolute Gasteiger partial charge is 0.237 e. The van der Waals surface area contributed by atoms with Gasteiger partial charge in [-0.25, -0.2) is 0 Å². The van der Waals surface area contributed by atoms with Crippen LogP contribution in [0, 0.1) is 5.92 Å². The Morgan fingerprint density at radius 1 is 1.35 bits per heavy atom. The van der Waals surface area contributed by atoms with E-state index in [2.05, 4.69) is 5.32 Å². The van der Waals surface area contributed by atoms with Gasteiger partial charge in [0.1, 0.15) is 0 Å². The molecule has 3 N–H and O–H groups in total. The minimum absolute atomic E-state index is 0.0870. The standard InChI is InChI=1S/C16H24N2O2/c17-15(11-13-5-2-1-3-6-13)16(19)18-9-4-10-20-12-14-7-8-14/h1-3,5-6,14-15H,4,7-12,17H2,(H,18,19)/t15-/m0/s1. The molecule has 1 atom stereocenters. The van der Waals surface area contributed by atoms with Crippen LogP contribution in [0.2, 0.25) is 0 Å². The first kappa shape index (κ1) is 15.0. The lowest BCUT2D eigenvalue weighted by Crippen LogP contribution is -2.42. The Kier molecular flexibility index (Phi) is 6.02. The maximum atomic E-state index is 11.8. The van der Waals surface area contributed by atoms with Gasteiger partial charge in [-0.2, -0.15) is 0 Å². The third-order valence-electron chi connectivity index (χ3n) is 3.45. The molecule has 0 radical (unpaired) electrons. The monoisotopic (exact) mass is 276 g/mol. The Hall–Kier alpha value is -1.39. The Balaban J connectivity index is 1.54. The fraction of sp³-hybridized carbons (Fsp3) is 0.562. The molecule has 0 bridgehead atoms. The largest absolute Gasteiger partial charge is 0.381 e. The number of benzene rings is 1. The minimum atomic E-state index is -0.482. The van der Waals surface area contributed by atoms with E-state index in [0.717, 1.165) is 24.5 Å². The molecule has 4 nitrogen and oxygen atoms in total. The van der Waals surface area contributed by atoms with Crippen molar-refractivity contribution in [3.63, 3.8) is 0 Å². The predicted molar refractivity (Wildman–Crippen MR) is 79.3 cm³/mol. The average Bonchev–Trinajstić information content (AvgIpc) is 3.27. The Bertz CT molecular complexity index is 404. The molecule has 2 rings (SSSR count). The minimum Gasteiger partial charge on any atom is -0.381 e. The molecular formula is C16H24N2O2. The van der Waals surface area contributed by atoms with E-state index in [1.54, 1.807) is 0 Å². The summed E-state index contributed by atoms with van der Waals surface area (Å²) in [6.07, 6.45) is 4.04. The molecule has 0 aliphatic heterocycles.